The van der Waals surface area contributed by atoms with Crippen LogP contribution in [-0.4, -0.2) is 16.6 Å². The Labute approximate surface area is 115 Å². The molecule has 94 valence electrons. The van der Waals surface area contributed by atoms with Gasteiger partial charge in [-0.1, -0.05) is 6.07 Å². The molecule has 1 aromatic carbocycles. The van der Waals surface area contributed by atoms with Crippen LogP contribution in [0.25, 0.3) is 0 Å². The number of carbonyl (C=O) groups excluding carboxylic acids is 1. The van der Waals surface area contributed by atoms with Gasteiger partial charge in [0.05, 0.1) is 17.4 Å². The van der Waals surface area contributed by atoms with Gasteiger partial charge in [-0.05, 0) is 30.3 Å². The quantitative estimate of drug-likeness (QED) is 0.867. The van der Waals surface area contributed by atoms with Gasteiger partial charge in [0.15, 0.2) is 0 Å². The summed E-state index contributed by atoms with van der Waals surface area (Å²) in [6.07, 6.45) is 3.38. The number of pyridine rings is 1. The third kappa shape index (κ3) is 4.12. The van der Waals surface area contributed by atoms with E-state index in [1.807, 2.05) is 18.2 Å². The Hall–Kier alpha value is -2.32. The molecular formula is C14H11N3OS. The Bertz CT molecular complexity index is 608. The van der Waals surface area contributed by atoms with Crippen molar-refractivity contribution in [2.45, 2.75) is 4.90 Å². The molecule has 2 aromatic rings. The largest absolute Gasteiger partial charge is 0.325 e. The summed E-state index contributed by atoms with van der Waals surface area (Å²) in [5.41, 5.74) is 1.17. The van der Waals surface area contributed by atoms with Crippen molar-refractivity contribution in [3.05, 3.63) is 54.4 Å². The zero-order valence-corrected chi connectivity index (χ0v) is 10.9. The van der Waals surface area contributed by atoms with E-state index >= 15 is 0 Å². The predicted molar refractivity (Wildman–Crippen MR) is 74.7 cm³/mol. The Morgan fingerprint density at radius 3 is 2.84 bits per heavy atom. The molecule has 2 rings (SSSR count). The molecule has 19 heavy (non-hydrogen) atoms. The van der Waals surface area contributed by atoms with Crippen molar-refractivity contribution in [1.29, 1.82) is 5.26 Å². The molecule has 0 bridgehead atoms. The first-order chi connectivity index (χ1) is 9.28. The summed E-state index contributed by atoms with van der Waals surface area (Å²) >= 11 is 1.44. The maximum atomic E-state index is 11.8. The van der Waals surface area contributed by atoms with E-state index in [1.165, 1.54) is 11.8 Å². The molecule has 4 nitrogen and oxygen atoms in total. The number of thioether (sulfide) groups is 1. The Morgan fingerprint density at radius 1 is 1.32 bits per heavy atom. The highest BCUT2D eigenvalue weighted by Gasteiger charge is 2.04. The van der Waals surface area contributed by atoms with Crippen LogP contribution in [0.3, 0.4) is 0 Å². The van der Waals surface area contributed by atoms with Crippen LogP contribution in [0.2, 0.25) is 0 Å². The van der Waals surface area contributed by atoms with Crippen molar-refractivity contribution in [2.24, 2.45) is 0 Å². The molecule has 5 heteroatoms. The molecule has 0 spiro atoms. The molecule has 0 fully saturated rings. The summed E-state index contributed by atoms with van der Waals surface area (Å²) in [5, 5.41) is 11.5. The molecule has 0 aliphatic heterocycles. The molecule has 0 aliphatic carbocycles. The van der Waals surface area contributed by atoms with Crippen molar-refractivity contribution < 1.29 is 4.79 Å². The zero-order chi connectivity index (χ0) is 13.5. The van der Waals surface area contributed by atoms with Gasteiger partial charge >= 0.3 is 0 Å². The monoisotopic (exact) mass is 269 g/mol. The molecule has 0 radical (unpaired) electrons. The lowest BCUT2D eigenvalue weighted by Crippen LogP contribution is -2.13. The van der Waals surface area contributed by atoms with Gasteiger partial charge in [0.25, 0.3) is 0 Å². The fourth-order valence-corrected chi connectivity index (χ4v) is 2.13. The van der Waals surface area contributed by atoms with Crippen LogP contribution in [-0.2, 0) is 4.79 Å². The van der Waals surface area contributed by atoms with E-state index in [4.69, 9.17) is 5.26 Å². The van der Waals surface area contributed by atoms with Gasteiger partial charge in [0, 0.05) is 23.0 Å². The van der Waals surface area contributed by atoms with Gasteiger partial charge in [-0.25, -0.2) is 0 Å². The average Bonchev–Trinajstić information content (AvgIpc) is 2.46. The zero-order valence-electron chi connectivity index (χ0n) is 10.0. The van der Waals surface area contributed by atoms with Crippen LogP contribution in [0.15, 0.2) is 53.7 Å². The number of nitriles is 1. The number of nitrogens with one attached hydrogen (secondary N) is 1. The van der Waals surface area contributed by atoms with Crippen LogP contribution >= 0.6 is 11.8 Å². The number of hydrogen-bond donors (Lipinski definition) is 1. The van der Waals surface area contributed by atoms with Crippen molar-refractivity contribution in [2.75, 3.05) is 11.1 Å². The number of amides is 1. The third-order valence-corrected chi connectivity index (χ3v) is 3.31. The molecule has 0 saturated heterocycles. The predicted octanol–water partition coefficient (Wildman–Crippen LogP) is 2.68. The van der Waals surface area contributed by atoms with Crippen LogP contribution < -0.4 is 5.32 Å². The van der Waals surface area contributed by atoms with E-state index in [9.17, 15) is 4.79 Å². The van der Waals surface area contributed by atoms with Crippen molar-refractivity contribution in [3.8, 4) is 6.07 Å². The van der Waals surface area contributed by atoms with Gasteiger partial charge in [0.1, 0.15) is 0 Å². The minimum Gasteiger partial charge on any atom is -0.325 e. The first-order valence-electron chi connectivity index (χ1n) is 5.61. The summed E-state index contributed by atoms with van der Waals surface area (Å²) in [7, 11) is 0. The Morgan fingerprint density at radius 2 is 2.11 bits per heavy atom. The highest BCUT2D eigenvalue weighted by molar-refractivity contribution is 8.00. The number of benzene rings is 1. The van der Waals surface area contributed by atoms with E-state index in [0.29, 0.717) is 17.0 Å². The number of nitrogens with zero attached hydrogens (tertiary/aromatic N) is 2. The second kappa shape index (κ2) is 6.57. The van der Waals surface area contributed by atoms with Crippen LogP contribution in [0, 0.1) is 11.3 Å². The highest BCUT2D eigenvalue weighted by atomic mass is 32.2. The minimum atomic E-state index is -0.100. The number of hydrogen-bond acceptors (Lipinski definition) is 4. The summed E-state index contributed by atoms with van der Waals surface area (Å²) in [6.45, 7) is 0. The number of anilines is 1. The molecule has 1 aromatic heterocycles. The van der Waals surface area contributed by atoms with Crippen molar-refractivity contribution in [1.82, 2.24) is 4.98 Å². The van der Waals surface area contributed by atoms with E-state index in [-0.39, 0.29) is 5.91 Å². The molecule has 1 heterocycles. The summed E-state index contributed by atoms with van der Waals surface area (Å²) in [5.74, 6) is 0.220. The normalized spacial score (nSPS) is 9.63. The summed E-state index contributed by atoms with van der Waals surface area (Å²) < 4.78 is 0. The Kier molecular flexibility index (Phi) is 4.54. The molecule has 0 aliphatic rings. The lowest BCUT2D eigenvalue weighted by atomic mass is 10.2. The number of carbonyl (C=O) groups is 1. The smallest absolute Gasteiger partial charge is 0.234 e. The van der Waals surface area contributed by atoms with Gasteiger partial charge in [-0.2, -0.15) is 5.26 Å². The van der Waals surface area contributed by atoms with Crippen molar-refractivity contribution in [3.63, 3.8) is 0 Å². The average molecular weight is 269 g/mol. The second-order valence-electron chi connectivity index (χ2n) is 3.71. The number of rotatable bonds is 4. The molecular weight excluding hydrogens is 258 g/mol. The SMILES string of the molecule is N#Cc1cccc(NC(=O)CSc2ccncc2)c1. The first kappa shape index (κ1) is 13.1. The van der Waals surface area contributed by atoms with E-state index in [1.54, 1.807) is 36.7 Å². The summed E-state index contributed by atoms with van der Waals surface area (Å²) in [6, 6.07) is 12.6. The lowest BCUT2D eigenvalue weighted by Gasteiger charge is -2.05. The maximum absolute atomic E-state index is 11.8. The van der Waals surface area contributed by atoms with Gasteiger partial charge in [-0.3, -0.25) is 9.78 Å². The van der Waals surface area contributed by atoms with Gasteiger partial charge in [0.2, 0.25) is 5.91 Å². The molecule has 0 unspecified atom stereocenters. The summed E-state index contributed by atoms with van der Waals surface area (Å²) in [4.78, 5) is 16.7. The molecule has 0 saturated carbocycles. The minimum absolute atomic E-state index is 0.100. The number of aromatic nitrogens is 1. The lowest BCUT2D eigenvalue weighted by molar-refractivity contribution is -0.113. The van der Waals surface area contributed by atoms with E-state index in [2.05, 4.69) is 10.3 Å². The third-order valence-electron chi connectivity index (χ3n) is 2.30. The fourth-order valence-electron chi connectivity index (χ4n) is 1.45. The molecule has 1 amide bonds. The second-order valence-corrected chi connectivity index (χ2v) is 4.76. The van der Waals surface area contributed by atoms with Gasteiger partial charge in [-0.15, -0.1) is 11.8 Å². The topological polar surface area (TPSA) is 65.8 Å². The molecule has 1 N–H and O–H groups in total. The fraction of sp³-hybridized carbons (Fsp3) is 0.0714. The van der Waals surface area contributed by atoms with Crippen molar-refractivity contribution >= 4 is 23.4 Å². The first-order valence-corrected chi connectivity index (χ1v) is 6.59. The maximum Gasteiger partial charge on any atom is 0.234 e. The van der Waals surface area contributed by atoms with Gasteiger partial charge < -0.3 is 5.32 Å². The standard InChI is InChI=1S/C14H11N3OS/c15-9-11-2-1-3-12(8-11)17-14(18)10-19-13-4-6-16-7-5-13/h1-8H,10H2,(H,17,18). The highest BCUT2D eigenvalue weighted by Crippen LogP contribution is 2.17. The van der Waals surface area contributed by atoms with Crippen LogP contribution in [0.1, 0.15) is 5.56 Å². The van der Waals surface area contributed by atoms with E-state index in [0.717, 1.165) is 4.90 Å². The van der Waals surface area contributed by atoms with E-state index < -0.39 is 0 Å². The Balaban J connectivity index is 1.89. The molecule has 0 atom stereocenters. The van der Waals surface area contributed by atoms with Crippen LogP contribution in [0.5, 0.6) is 0 Å². The van der Waals surface area contributed by atoms with Crippen LogP contribution in [0.4, 0.5) is 5.69 Å².